The first-order chi connectivity index (χ1) is 14.2. The Morgan fingerprint density at radius 1 is 0.967 bits per heavy atom. The number of ether oxygens (including phenoxy) is 2. The van der Waals surface area contributed by atoms with Gasteiger partial charge >= 0.3 is 11.9 Å². The summed E-state index contributed by atoms with van der Waals surface area (Å²) in [5.74, 6) is 3.65. The van der Waals surface area contributed by atoms with E-state index in [-0.39, 0.29) is 29.1 Å². The zero-order valence-corrected chi connectivity index (χ0v) is 19.0. The van der Waals surface area contributed by atoms with Gasteiger partial charge in [-0.2, -0.15) is 0 Å². The second-order valence-electron chi connectivity index (χ2n) is 11.6. The second kappa shape index (κ2) is 7.10. The third-order valence-corrected chi connectivity index (χ3v) is 9.68. The lowest BCUT2D eigenvalue weighted by atomic mass is 9.71. The standard InChI is InChI=1S/C26H38O4/c1-5-26(8-6-7-9-26)30-24(28)20-12-16-11-19(20)22-18-10-17(21(16)22)13-25(4,14-18)29-23(27)15(2)3/h16-22H,2,5-14H2,1,3-4H3. The van der Waals surface area contributed by atoms with Crippen LogP contribution in [0.4, 0.5) is 0 Å². The first-order valence-corrected chi connectivity index (χ1v) is 12.4. The number of fused-ring (bicyclic) bond motifs is 9. The van der Waals surface area contributed by atoms with Gasteiger partial charge in [-0.15, -0.1) is 0 Å². The molecule has 5 fully saturated rings. The van der Waals surface area contributed by atoms with Gasteiger partial charge in [0.25, 0.3) is 0 Å². The summed E-state index contributed by atoms with van der Waals surface area (Å²) in [5.41, 5.74) is -0.0763. The van der Waals surface area contributed by atoms with Gasteiger partial charge in [0.2, 0.25) is 0 Å². The predicted molar refractivity (Wildman–Crippen MR) is 114 cm³/mol. The molecule has 5 aliphatic rings. The van der Waals surface area contributed by atoms with Crippen LogP contribution in [0.15, 0.2) is 12.2 Å². The van der Waals surface area contributed by atoms with Crippen molar-refractivity contribution in [2.75, 3.05) is 0 Å². The largest absolute Gasteiger partial charge is 0.459 e. The molecule has 0 radical (unpaired) electrons. The minimum absolute atomic E-state index is 0.0996. The quantitative estimate of drug-likeness (QED) is 0.341. The molecule has 4 bridgehead atoms. The number of carbonyl (C=O) groups excluding carboxylic acids is 2. The second-order valence-corrected chi connectivity index (χ2v) is 11.6. The Kier molecular flexibility index (Phi) is 4.87. The van der Waals surface area contributed by atoms with E-state index >= 15 is 0 Å². The monoisotopic (exact) mass is 414 g/mol. The van der Waals surface area contributed by atoms with Crippen molar-refractivity contribution in [2.24, 2.45) is 41.4 Å². The van der Waals surface area contributed by atoms with Gasteiger partial charge < -0.3 is 9.47 Å². The van der Waals surface area contributed by atoms with Gasteiger partial charge in [0.1, 0.15) is 11.2 Å². The summed E-state index contributed by atoms with van der Waals surface area (Å²) in [7, 11) is 0. The molecule has 5 aliphatic carbocycles. The molecule has 0 aromatic carbocycles. The topological polar surface area (TPSA) is 52.6 Å². The van der Waals surface area contributed by atoms with Crippen molar-refractivity contribution in [3.8, 4) is 0 Å². The molecular formula is C26H38O4. The fourth-order valence-corrected chi connectivity index (χ4v) is 8.65. The summed E-state index contributed by atoms with van der Waals surface area (Å²) >= 11 is 0. The van der Waals surface area contributed by atoms with Crippen molar-refractivity contribution in [3.63, 3.8) is 0 Å². The van der Waals surface area contributed by atoms with Crippen molar-refractivity contribution in [3.05, 3.63) is 12.2 Å². The predicted octanol–water partition coefficient (Wildman–Crippen LogP) is 5.45. The Hall–Kier alpha value is -1.32. The van der Waals surface area contributed by atoms with E-state index in [0.717, 1.165) is 44.4 Å². The molecule has 8 unspecified atom stereocenters. The lowest BCUT2D eigenvalue weighted by Gasteiger charge is -2.39. The van der Waals surface area contributed by atoms with Gasteiger partial charge in [0.15, 0.2) is 0 Å². The van der Waals surface area contributed by atoms with Gasteiger partial charge in [-0.3, -0.25) is 4.79 Å². The van der Waals surface area contributed by atoms with Crippen molar-refractivity contribution in [1.29, 1.82) is 0 Å². The van der Waals surface area contributed by atoms with Crippen LogP contribution in [-0.2, 0) is 19.1 Å². The average molecular weight is 415 g/mol. The van der Waals surface area contributed by atoms with Crippen LogP contribution in [0.2, 0.25) is 0 Å². The van der Waals surface area contributed by atoms with Crippen molar-refractivity contribution >= 4 is 11.9 Å². The van der Waals surface area contributed by atoms with Crippen LogP contribution in [0.3, 0.4) is 0 Å². The number of hydrogen-bond acceptors (Lipinski definition) is 4. The summed E-state index contributed by atoms with van der Waals surface area (Å²) < 4.78 is 12.2. The molecule has 5 rings (SSSR count). The third-order valence-electron chi connectivity index (χ3n) is 9.68. The Labute approximate surface area is 181 Å². The number of carbonyl (C=O) groups is 2. The molecule has 0 heterocycles. The fraction of sp³-hybridized carbons (Fsp3) is 0.846. The number of esters is 2. The molecule has 0 N–H and O–H groups in total. The van der Waals surface area contributed by atoms with Crippen LogP contribution in [-0.4, -0.2) is 23.1 Å². The normalized spacial score (nSPS) is 45.2. The van der Waals surface area contributed by atoms with E-state index in [1.165, 1.54) is 25.7 Å². The van der Waals surface area contributed by atoms with E-state index in [1.54, 1.807) is 6.92 Å². The Balaban J connectivity index is 1.30. The summed E-state index contributed by atoms with van der Waals surface area (Å²) in [4.78, 5) is 25.5. The zero-order chi connectivity index (χ0) is 21.3. The minimum Gasteiger partial charge on any atom is -0.459 e. The van der Waals surface area contributed by atoms with Crippen LogP contribution < -0.4 is 0 Å². The van der Waals surface area contributed by atoms with Gasteiger partial charge in [-0.05, 0) is 114 Å². The minimum atomic E-state index is -0.375. The molecular weight excluding hydrogens is 376 g/mol. The first-order valence-electron chi connectivity index (χ1n) is 12.4. The fourth-order valence-electron chi connectivity index (χ4n) is 8.65. The van der Waals surface area contributed by atoms with Crippen LogP contribution >= 0.6 is 0 Å². The van der Waals surface area contributed by atoms with Crippen LogP contribution in [0.25, 0.3) is 0 Å². The van der Waals surface area contributed by atoms with E-state index in [0.29, 0.717) is 35.2 Å². The van der Waals surface area contributed by atoms with Crippen molar-refractivity contribution in [2.45, 2.75) is 96.2 Å². The average Bonchev–Trinajstić information content (AvgIpc) is 3.44. The molecule has 30 heavy (non-hydrogen) atoms. The van der Waals surface area contributed by atoms with Crippen molar-refractivity contribution < 1.29 is 19.1 Å². The zero-order valence-electron chi connectivity index (χ0n) is 19.0. The summed E-state index contributed by atoms with van der Waals surface area (Å²) in [6, 6.07) is 0. The van der Waals surface area contributed by atoms with Gasteiger partial charge in [-0.1, -0.05) is 13.5 Å². The third kappa shape index (κ3) is 3.15. The molecule has 4 heteroatoms. The van der Waals surface area contributed by atoms with Crippen LogP contribution in [0.1, 0.15) is 85.0 Å². The maximum absolute atomic E-state index is 13.3. The summed E-state index contributed by atoms with van der Waals surface area (Å²) in [6.45, 7) is 9.77. The first kappa shape index (κ1) is 20.6. The molecule has 0 aromatic heterocycles. The van der Waals surface area contributed by atoms with Crippen LogP contribution in [0, 0.1) is 41.4 Å². The highest BCUT2D eigenvalue weighted by molar-refractivity contribution is 5.87. The van der Waals surface area contributed by atoms with Gasteiger partial charge in [0, 0.05) is 5.57 Å². The molecule has 0 aliphatic heterocycles. The summed E-state index contributed by atoms with van der Waals surface area (Å²) in [6.07, 6.45) is 10.8. The molecule has 4 nitrogen and oxygen atoms in total. The highest BCUT2D eigenvalue weighted by atomic mass is 16.6. The molecule has 0 amide bonds. The van der Waals surface area contributed by atoms with E-state index in [1.807, 2.05) is 0 Å². The smallest absolute Gasteiger partial charge is 0.333 e. The van der Waals surface area contributed by atoms with Crippen LogP contribution in [0.5, 0.6) is 0 Å². The maximum atomic E-state index is 13.3. The van der Waals surface area contributed by atoms with E-state index in [2.05, 4.69) is 20.4 Å². The molecule has 166 valence electrons. The van der Waals surface area contributed by atoms with E-state index in [4.69, 9.17) is 9.47 Å². The SMILES string of the molecule is C=C(C)C(=O)OC1(C)CC2CC(C1)C1C3CC(CC3C(=O)OC3(CC)CCCC3)C21. The Morgan fingerprint density at radius 2 is 1.63 bits per heavy atom. The molecule has 5 saturated carbocycles. The number of rotatable bonds is 5. The van der Waals surface area contributed by atoms with Gasteiger partial charge in [0.05, 0.1) is 5.92 Å². The molecule has 0 spiro atoms. The highest BCUT2D eigenvalue weighted by Gasteiger charge is 2.65. The van der Waals surface area contributed by atoms with Gasteiger partial charge in [-0.25, -0.2) is 4.79 Å². The molecule has 8 atom stereocenters. The lowest BCUT2D eigenvalue weighted by Crippen LogP contribution is -2.40. The highest BCUT2D eigenvalue weighted by Crippen LogP contribution is 2.69. The molecule has 0 aromatic rings. The maximum Gasteiger partial charge on any atom is 0.333 e. The lowest BCUT2D eigenvalue weighted by molar-refractivity contribution is -0.168. The van der Waals surface area contributed by atoms with E-state index < -0.39 is 0 Å². The van der Waals surface area contributed by atoms with Crippen molar-refractivity contribution in [1.82, 2.24) is 0 Å². The Morgan fingerprint density at radius 3 is 2.27 bits per heavy atom. The molecule has 0 saturated heterocycles. The van der Waals surface area contributed by atoms with E-state index in [9.17, 15) is 9.59 Å². The summed E-state index contributed by atoms with van der Waals surface area (Å²) in [5, 5.41) is 0. The Bertz CT molecular complexity index is 750. The number of hydrogen-bond donors (Lipinski definition) is 0.